The van der Waals surface area contributed by atoms with E-state index in [1.54, 1.807) is 6.07 Å². The number of hydrogen-bond acceptors (Lipinski definition) is 5. The third-order valence-corrected chi connectivity index (χ3v) is 7.35. The van der Waals surface area contributed by atoms with Crippen molar-refractivity contribution in [2.45, 2.75) is 42.3 Å². The van der Waals surface area contributed by atoms with Gasteiger partial charge in [0.1, 0.15) is 5.82 Å². The summed E-state index contributed by atoms with van der Waals surface area (Å²) < 4.78 is 65.9. The zero-order chi connectivity index (χ0) is 23.3. The fraction of sp³-hybridized carbons (Fsp3) is 0.333. The predicted molar refractivity (Wildman–Crippen MR) is 109 cm³/mol. The second-order valence-electron chi connectivity index (χ2n) is 8.02. The molecule has 170 valence electrons. The number of benzene rings is 2. The molecular weight excluding hydrogens is 447 g/mol. The molecule has 2 aromatic carbocycles. The second-order valence-corrected chi connectivity index (χ2v) is 10.0. The average Bonchev–Trinajstić information content (AvgIpc) is 2.76. The number of nitrogens with two attached hydrogens (primary N) is 1. The lowest BCUT2D eigenvalue weighted by molar-refractivity contribution is -0.119. The Morgan fingerprint density at radius 1 is 1.19 bits per heavy atom. The van der Waals surface area contributed by atoms with Gasteiger partial charge in [0.15, 0.2) is 9.84 Å². The van der Waals surface area contributed by atoms with Crippen molar-refractivity contribution in [1.29, 1.82) is 0 Å². The molecule has 0 aromatic heterocycles. The summed E-state index contributed by atoms with van der Waals surface area (Å²) in [7, 11) is -3.98. The Morgan fingerprint density at radius 3 is 2.53 bits per heavy atom. The largest absolute Gasteiger partial charge is 0.349 e. The van der Waals surface area contributed by atoms with Gasteiger partial charge < -0.3 is 16.0 Å². The minimum Gasteiger partial charge on any atom is -0.349 e. The van der Waals surface area contributed by atoms with Gasteiger partial charge in [0, 0.05) is 30.0 Å². The summed E-state index contributed by atoms with van der Waals surface area (Å²) >= 11 is 0. The topological polar surface area (TPSA) is 110 Å². The highest BCUT2D eigenvalue weighted by atomic mass is 32.2. The molecule has 0 bridgehead atoms. The maximum atomic E-state index is 14.2. The number of amides is 2. The highest BCUT2D eigenvalue weighted by molar-refractivity contribution is 7.91. The molecule has 1 aliphatic heterocycles. The molecule has 2 aromatic rings. The highest BCUT2D eigenvalue weighted by Crippen LogP contribution is 2.38. The number of nitrogens with one attached hydrogen (secondary N) is 1. The monoisotopic (exact) mass is 467 g/mol. The van der Waals surface area contributed by atoms with Gasteiger partial charge in [0.05, 0.1) is 28.9 Å². The maximum Gasteiger partial charge on any atom is 0.252 e. The normalized spacial score (nSPS) is 21.9. The van der Waals surface area contributed by atoms with Crippen molar-refractivity contribution in [3.8, 4) is 0 Å². The summed E-state index contributed by atoms with van der Waals surface area (Å²) in [5, 5.41) is 2.47. The highest BCUT2D eigenvalue weighted by Gasteiger charge is 2.46. The molecule has 0 unspecified atom stereocenters. The molecule has 0 radical (unpaired) electrons. The van der Waals surface area contributed by atoms with Gasteiger partial charge in [-0.2, -0.15) is 0 Å². The smallest absolute Gasteiger partial charge is 0.252 e. The Bertz CT molecular complexity index is 1190. The first-order chi connectivity index (χ1) is 15.0. The quantitative estimate of drug-likeness (QED) is 0.715. The number of rotatable bonds is 4. The average molecular weight is 467 g/mol. The first kappa shape index (κ1) is 22.3. The number of fused-ring (bicyclic) bond motifs is 1. The van der Waals surface area contributed by atoms with Gasteiger partial charge >= 0.3 is 0 Å². The van der Waals surface area contributed by atoms with Crippen LogP contribution in [0.5, 0.6) is 0 Å². The van der Waals surface area contributed by atoms with Gasteiger partial charge in [-0.1, -0.05) is 18.2 Å². The molecule has 1 aliphatic carbocycles. The van der Waals surface area contributed by atoms with E-state index in [2.05, 4.69) is 5.32 Å². The summed E-state index contributed by atoms with van der Waals surface area (Å²) in [6.45, 7) is -0.304. The second kappa shape index (κ2) is 7.89. The number of halogens is 3. The van der Waals surface area contributed by atoms with Crippen LogP contribution in [0, 0.1) is 5.82 Å². The number of sulfone groups is 1. The van der Waals surface area contributed by atoms with Crippen LogP contribution in [0.25, 0.3) is 0 Å². The summed E-state index contributed by atoms with van der Waals surface area (Å²) in [5.74, 6) is -5.49. The SMILES string of the molecule is N[C@H]1CS(=O)(=O)c2ccc(C(=O)NC3CC(F)(F)C3)cc2N(Cc2ccccc2F)C1=O. The van der Waals surface area contributed by atoms with E-state index in [1.807, 2.05) is 0 Å². The molecule has 1 heterocycles. The van der Waals surface area contributed by atoms with Crippen molar-refractivity contribution >= 4 is 27.3 Å². The summed E-state index contributed by atoms with van der Waals surface area (Å²) in [4.78, 5) is 26.3. The summed E-state index contributed by atoms with van der Waals surface area (Å²) in [6.07, 6.45) is -0.963. The Kier molecular flexibility index (Phi) is 5.49. The third kappa shape index (κ3) is 4.22. The molecule has 1 fully saturated rings. The van der Waals surface area contributed by atoms with Crippen LogP contribution in [0.2, 0.25) is 0 Å². The Balaban J connectivity index is 1.73. The number of carbonyl (C=O) groups is 2. The van der Waals surface area contributed by atoms with Gasteiger partial charge in [0.25, 0.3) is 11.8 Å². The van der Waals surface area contributed by atoms with Crippen LogP contribution < -0.4 is 16.0 Å². The lowest BCUT2D eigenvalue weighted by Gasteiger charge is -2.35. The minimum absolute atomic E-state index is 0.0176. The number of hydrogen-bond donors (Lipinski definition) is 2. The van der Waals surface area contributed by atoms with Gasteiger partial charge in [-0.3, -0.25) is 9.59 Å². The van der Waals surface area contributed by atoms with Crippen LogP contribution in [0.15, 0.2) is 47.4 Å². The van der Waals surface area contributed by atoms with Gasteiger partial charge in [-0.25, -0.2) is 21.6 Å². The van der Waals surface area contributed by atoms with E-state index in [-0.39, 0.29) is 28.3 Å². The maximum absolute atomic E-state index is 14.2. The molecule has 2 aliphatic rings. The molecule has 4 rings (SSSR count). The van der Waals surface area contributed by atoms with Gasteiger partial charge in [-0.05, 0) is 24.3 Å². The summed E-state index contributed by atoms with van der Waals surface area (Å²) in [6, 6.07) is 7.21. The molecule has 1 saturated carbocycles. The molecule has 1 atom stereocenters. The van der Waals surface area contributed by atoms with Gasteiger partial charge in [-0.15, -0.1) is 0 Å². The number of alkyl halides is 2. The van der Waals surface area contributed by atoms with E-state index in [4.69, 9.17) is 5.73 Å². The Hall–Kier alpha value is -2.92. The van der Waals surface area contributed by atoms with Crippen molar-refractivity contribution in [3.63, 3.8) is 0 Å². The van der Waals surface area contributed by atoms with E-state index in [9.17, 15) is 31.2 Å². The van der Waals surface area contributed by atoms with Crippen LogP contribution >= 0.6 is 0 Å². The van der Waals surface area contributed by atoms with E-state index in [0.717, 1.165) is 4.90 Å². The molecule has 0 spiro atoms. The fourth-order valence-corrected chi connectivity index (χ4v) is 5.40. The zero-order valence-electron chi connectivity index (χ0n) is 16.7. The first-order valence-corrected chi connectivity index (χ1v) is 11.5. The number of anilines is 1. The number of nitrogens with zero attached hydrogens (tertiary/aromatic N) is 1. The van der Waals surface area contributed by atoms with Crippen molar-refractivity contribution in [3.05, 3.63) is 59.4 Å². The third-order valence-electron chi connectivity index (χ3n) is 5.54. The van der Waals surface area contributed by atoms with Crippen LogP contribution in [-0.4, -0.2) is 44.0 Å². The van der Waals surface area contributed by atoms with Crippen LogP contribution in [-0.2, 0) is 21.2 Å². The fourth-order valence-electron chi connectivity index (χ4n) is 3.84. The minimum atomic E-state index is -3.98. The van der Waals surface area contributed by atoms with Crippen molar-refractivity contribution < 1.29 is 31.2 Å². The Labute approximate surface area is 182 Å². The van der Waals surface area contributed by atoms with Crippen LogP contribution in [0.1, 0.15) is 28.8 Å². The molecule has 32 heavy (non-hydrogen) atoms. The van der Waals surface area contributed by atoms with Crippen molar-refractivity contribution in [1.82, 2.24) is 5.32 Å². The standard InChI is InChI=1S/C21H20F3N3O4S/c22-15-4-2-1-3-13(15)10-27-17-7-12(19(28)26-14-8-21(23,24)9-14)5-6-18(17)32(30,31)11-16(25)20(27)29/h1-7,14,16H,8-11,25H2,(H,26,28)/t16-/m0/s1. The van der Waals surface area contributed by atoms with Crippen molar-refractivity contribution in [2.75, 3.05) is 10.7 Å². The molecular formula is C21H20F3N3O4S. The van der Waals surface area contributed by atoms with Crippen molar-refractivity contribution in [2.24, 2.45) is 5.73 Å². The molecule has 0 saturated heterocycles. The molecule has 7 nitrogen and oxygen atoms in total. The van der Waals surface area contributed by atoms with Crippen LogP contribution in [0.4, 0.5) is 18.9 Å². The lowest BCUT2D eigenvalue weighted by atomic mass is 9.88. The summed E-state index contributed by atoms with van der Waals surface area (Å²) in [5.41, 5.74) is 5.81. The van der Waals surface area contributed by atoms with Gasteiger partial charge in [0.2, 0.25) is 5.91 Å². The molecule has 11 heteroatoms. The Morgan fingerprint density at radius 2 is 1.88 bits per heavy atom. The predicted octanol–water partition coefficient (Wildman–Crippen LogP) is 2.00. The zero-order valence-corrected chi connectivity index (χ0v) is 17.5. The molecule has 3 N–H and O–H groups in total. The van der Waals surface area contributed by atoms with E-state index < -0.39 is 64.1 Å². The van der Waals surface area contributed by atoms with E-state index >= 15 is 0 Å². The van der Waals surface area contributed by atoms with E-state index in [1.165, 1.54) is 36.4 Å². The lowest BCUT2D eigenvalue weighted by Crippen LogP contribution is -2.50. The number of carbonyl (C=O) groups excluding carboxylic acids is 2. The van der Waals surface area contributed by atoms with E-state index in [0.29, 0.717) is 0 Å². The molecule has 2 amide bonds. The first-order valence-electron chi connectivity index (χ1n) is 9.83. The van der Waals surface area contributed by atoms with Crippen LogP contribution in [0.3, 0.4) is 0 Å².